The summed E-state index contributed by atoms with van der Waals surface area (Å²) in [6.45, 7) is 3.65. The molecule has 0 saturated carbocycles. The van der Waals surface area contributed by atoms with Gasteiger partial charge in [0.05, 0.1) is 4.92 Å². The molecule has 4 nitrogen and oxygen atoms in total. The maximum Gasteiger partial charge on any atom is 0.292 e. The SMILES string of the molecule is Cc1cccc([N+](=O)[O-])c1N1CCC(c2ccccc2)C1. The van der Waals surface area contributed by atoms with Crippen LogP contribution in [0.2, 0.25) is 0 Å². The molecule has 2 aromatic carbocycles. The Balaban J connectivity index is 1.89. The first-order chi connectivity index (χ1) is 10.2. The lowest BCUT2D eigenvalue weighted by Crippen LogP contribution is -2.21. The van der Waals surface area contributed by atoms with Gasteiger partial charge < -0.3 is 4.90 Å². The van der Waals surface area contributed by atoms with Gasteiger partial charge in [-0.3, -0.25) is 10.1 Å². The molecular weight excluding hydrogens is 264 g/mol. The maximum absolute atomic E-state index is 11.3. The van der Waals surface area contributed by atoms with E-state index < -0.39 is 0 Å². The number of rotatable bonds is 3. The van der Waals surface area contributed by atoms with Crippen molar-refractivity contribution in [2.75, 3.05) is 18.0 Å². The lowest BCUT2D eigenvalue weighted by atomic mass is 9.99. The van der Waals surface area contributed by atoms with Gasteiger partial charge in [0, 0.05) is 25.1 Å². The van der Waals surface area contributed by atoms with E-state index in [1.165, 1.54) is 5.56 Å². The second kappa shape index (κ2) is 5.56. The topological polar surface area (TPSA) is 46.4 Å². The fourth-order valence-electron chi connectivity index (χ4n) is 3.16. The van der Waals surface area contributed by atoms with Crippen LogP contribution >= 0.6 is 0 Å². The molecule has 1 aliphatic rings. The van der Waals surface area contributed by atoms with Crippen LogP contribution in [0.25, 0.3) is 0 Å². The van der Waals surface area contributed by atoms with E-state index in [4.69, 9.17) is 0 Å². The molecule has 108 valence electrons. The first-order valence-corrected chi connectivity index (χ1v) is 7.20. The number of nitro benzene ring substituents is 1. The average Bonchev–Trinajstić information content (AvgIpc) is 2.97. The number of hydrogen-bond acceptors (Lipinski definition) is 3. The Morgan fingerprint density at radius 2 is 1.90 bits per heavy atom. The van der Waals surface area contributed by atoms with Gasteiger partial charge in [-0.1, -0.05) is 42.5 Å². The summed E-state index contributed by atoms with van der Waals surface area (Å²) < 4.78 is 0. The molecule has 1 atom stereocenters. The molecule has 0 bridgehead atoms. The van der Waals surface area contributed by atoms with Crippen LogP contribution in [0.4, 0.5) is 11.4 Å². The van der Waals surface area contributed by atoms with Gasteiger partial charge in [-0.05, 0) is 24.5 Å². The van der Waals surface area contributed by atoms with Crippen molar-refractivity contribution in [3.63, 3.8) is 0 Å². The Bertz CT molecular complexity index is 655. The monoisotopic (exact) mass is 282 g/mol. The zero-order chi connectivity index (χ0) is 14.8. The molecule has 1 aliphatic heterocycles. The summed E-state index contributed by atoms with van der Waals surface area (Å²) in [6.07, 6.45) is 1.04. The summed E-state index contributed by atoms with van der Waals surface area (Å²) in [7, 11) is 0. The maximum atomic E-state index is 11.3. The fourth-order valence-corrected chi connectivity index (χ4v) is 3.16. The van der Waals surface area contributed by atoms with Crippen LogP contribution in [0.1, 0.15) is 23.5 Å². The van der Waals surface area contributed by atoms with E-state index in [1.807, 2.05) is 31.2 Å². The molecule has 2 aromatic rings. The Labute approximate surface area is 124 Å². The van der Waals surface area contributed by atoms with Crippen molar-refractivity contribution in [3.8, 4) is 0 Å². The van der Waals surface area contributed by atoms with E-state index in [2.05, 4.69) is 17.0 Å². The second-order valence-electron chi connectivity index (χ2n) is 5.54. The van der Waals surface area contributed by atoms with E-state index in [9.17, 15) is 10.1 Å². The van der Waals surface area contributed by atoms with Gasteiger partial charge in [0.1, 0.15) is 5.69 Å². The van der Waals surface area contributed by atoms with E-state index in [-0.39, 0.29) is 10.6 Å². The van der Waals surface area contributed by atoms with Gasteiger partial charge in [-0.15, -0.1) is 0 Å². The quantitative estimate of drug-likeness (QED) is 0.633. The molecular formula is C17H18N2O2. The van der Waals surface area contributed by atoms with Gasteiger partial charge in [0.15, 0.2) is 0 Å². The Hall–Kier alpha value is -2.36. The number of nitrogens with zero attached hydrogens (tertiary/aromatic N) is 2. The Morgan fingerprint density at radius 1 is 1.14 bits per heavy atom. The number of hydrogen-bond donors (Lipinski definition) is 0. The minimum Gasteiger partial charge on any atom is -0.365 e. The predicted octanol–water partition coefficient (Wildman–Crippen LogP) is 3.90. The highest BCUT2D eigenvalue weighted by atomic mass is 16.6. The average molecular weight is 282 g/mol. The standard InChI is InChI=1S/C17H18N2O2/c1-13-6-5-9-16(19(20)21)17(13)18-11-10-15(12-18)14-7-3-2-4-8-14/h2-9,15H,10-12H2,1H3. The summed E-state index contributed by atoms with van der Waals surface area (Å²) in [5.74, 6) is 0.449. The van der Waals surface area contributed by atoms with Crippen molar-refractivity contribution in [2.45, 2.75) is 19.3 Å². The smallest absolute Gasteiger partial charge is 0.292 e. The van der Waals surface area contributed by atoms with E-state index >= 15 is 0 Å². The fraction of sp³-hybridized carbons (Fsp3) is 0.294. The molecule has 1 unspecified atom stereocenters. The first-order valence-electron chi connectivity index (χ1n) is 7.20. The second-order valence-corrected chi connectivity index (χ2v) is 5.54. The van der Waals surface area contributed by atoms with Crippen LogP contribution in [0, 0.1) is 17.0 Å². The van der Waals surface area contributed by atoms with Crippen molar-refractivity contribution in [1.29, 1.82) is 0 Å². The van der Waals surface area contributed by atoms with Crippen LogP contribution in [0.15, 0.2) is 48.5 Å². The lowest BCUT2D eigenvalue weighted by Gasteiger charge is -2.20. The van der Waals surface area contributed by atoms with Gasteiger partial charge in [-0.2, -0.15) is 0 Å². The molecule has 0 aliphatic carbocycles. The molecule has 0 amide bonds. The van der Waals surface area contributed by atoms with Crippen LogP contribution < -0.4 is 4.90 Å². The van der Waals surface area contributed by atoms with Crippen molar-refractivity contribution in [2.24, 2.45) is 0 Å². The van der Waals surface area contributed by atoms with E-state index in [0.29, 0.717) is 5.92 Å². The third-order valence-corrected chi connectivity index (χ3v) is 4.19. The third kappa shape index (κ3) is 2.61. The summed E-state index contributed by atoms with van der Waals surface area (Å²) >= 11 is 0. The van der Waals surface area contributed by atoms with Crippen molar-refractivity contribution in [1.82, 2.24) is 0 Å². The molecule has 1 saturated heterocycles. The van der Waals surface area contributed by atoms with Crippen LogP contribution in [-0.4, -0.2) is 18.0 Å². The summed E-state index contributed by atoms with van der Waals surface area (Å²) in [4.78, 5) is 13.1. The zero-order valence-electron chi connectivity index (χ0n) is 12.0. The van der Waals surface area contributed by atoms with Crippen LogP contribution in [-0.2, 0) is 0 Å². The molecule has 0 aromatic heterocycles. The third-order valence-electron chi connectivity index (χ3n) is 4.19. The minimum absolute atomic E-state index is 0.212. The number of aryl methyl sites for hydroxylation is 1. The molecule has 3 rings (SSSR count). The molecule has 0 radical (unpaired) electrons. The highest BCUT2D eigenvalue weighted by Crippen LogP contribution is 2.37. The number of benzene rings is 2. The van der Waals surface area contributed by atoms with Crippen molar-refractivity contribution >= 4 is 11.4 Å². The predicted molar refractivity (Wildman–Crippen MR) is 83.8 cm³/mol. The summed E-state index contributed by atoms with van der Waals surface area (Å²) in [6, 6.07) is 15.7. The minimum atomic E-state index is -0.280. The van der Waals surface area contributed by atoms with Crippen LogP contribution in [0.3, 0.4) is 0 Å². The molecule has 0 N–H and O–H groups in total. The van der Waals surface area contributed by atoms with Crippen LogP contribution in [0.5, 0.6) is 0 Å². The summed E-state index contributed by atoms with van der Waals surface area (Å²) in [5, 5.41) is 11.3. The van der Waals surface area contributed by atoms with Gasteiger partial charge >= 0.3 is 0 Å². The molecule has 1 heterocycles. The molecule has 4 heteroatoms. The van der Waals surface area contributed by atoms with Gasteiger partial charge in [-0.25, -0.2) is 0 Å². The summed E-state index contributed by atoms with van der Waals surface area (Å²) in [5.41, 5.74) is 3.28. The Morgan fingerprint density at radius 3 is 2.62 bits per heavy atom. The largest absolute Gasteiger partial charge is 0.365 e. The zero-order valence-corrected chi connectivity index (χ0v) is 12.0. The van der Waals surface area contributed by atoms with E-state index in [1.54, 1.807) is 12.1 Å². The molecule has 0 spiro atoms. The number of para-hydroxylation sites is 1. The first kappa shape index (κ1) is 13.6. The van der Waals surface area contributed by atoms with Crippen molar-refractivity contribution in [3.05, 3.63) is 69.8 Å². The number of anilines is 1. The Kier molecular flexibility index (Phi) is 3.60. The number of nitro groups is 1. The van der Waals surface area contributed by atoms with Gasteiger partial charge in [0.2, 0.25) is 0 Å². The normalized spacial score (nSPS) is 18.0. The highest BCUT2D eigenvalue weighted by molar-refractivity contribution is 5.68. The van der Waals surface area contributed by atoms with Gasteiger partial charge in [0.25, 0.3) is 5.69 Å². The molecule has 1 fully saturated rings. The highest BCUT2D eigenvalue weighted by Gasteiger charge is 2.29. The molecule has 21 heavy (non-hydrogen) atoms. The van der Waals surface area contributed by atoms with E-state index in [0.717, 1.165) is 30.8 Å². The lowest BCUT2D eigenvalue weighted by molar-refractivity contribution is -0.384. The van der Waals surface area contributed by atoms with Crippen molar-refractivity contribution < 1.29 is 4.92 Å².